The van der Waals surface area contributed by atoms with Crippen LogP contribution >= 0.6 is 0 Å². The summed E-state index contributed by atoms with van der Waals surface area (Å²) in [5.41, 5.74) is 34.2. The third-order valence-corrected chi connectivity index (χ3v) is 24.7. The molecule has 0 aliphatic heterocycles. The molecule has 0 aliphatic carbocycles. The van der Waals surface area contributed by atoms with E-state index in [1.165, 1.54) is 0 Å². The maximum atomic E-state index is 6.84. The van der Waals surface area contributed by atoms with Gasteiger partial charge >= 0.3 is 0 Å². The zero-order valence-corrected chi connectivity index (χ0v) is 66.1. The second-order valence-electron chi connectivity index (χ2n) is 31.5. The Hall–Kier alpha value is -16.6. The first kappa shape index (κ1) is 69.5. The standard InChI is InChI=1S/3C38H23NO2/c1-2-12-24(13-3-1)39-33-22-8-6-17-31(33)38-35(39)32-21-11-19-29(37(32)41-38)26-15-5-4-14-25(26)28-18-10-20-30-27-16-7-9-23-34(27)40-36(28)30;1-2-11-25(12-3-1)39-33-19-8-6-16-31(33)38-36(39)32-18-10-17-30(37(32)41-38)27-14-5-4-13-26(27)24-21-22-29-28-15-7-9-20-34(28)40-35(29)23-24;1-2-11-25(12-3-1)39-33-19-8-6-16-30(33)38-36(39)31-18-10-17-29(37(31)41-38)27-14-5-4-13-26(27)24-21-22-35-32(23-24)28-15-7-9-20-34(28)40-35/h3*1-23H. The van der Waals surface area contributed by atoms with Crippen LogP contribution in [0.2, 0.25) is 0 Å². The minimum atomic E-state index is 0.886. The Morgan fingerprint density at radius 1 is 0.138 bits per heavy atom. The molecule has 9 aromatic heterocycles. The lowest BCUT2D eigenvalue weighted by molar-refractivity contribution is 0.668. The molecule has 9 heterocycles. The van der Waals surface area contributed by atoms with Crippen molar-refractivity contribution in [1.82, 2.24) is 13.7 Å². The van der Waals surface area contributed by atoms with Crippen LogP contribution in [0.25, 0.3) is 249 Å². The predicted molar refractivity (Wildman–Crippen MR) is 506 cm³/mol. The van der Waals surface area contributed by atoms with Gasteiger partial charge in [-0.3, -0.25) is 0 Å². The molecule has 27 rings (SSSR count). The molecule has 0 radical (unpaired) electrons. The van der Waals surface area contributed by atoms with Crippen LogP contribution < -0.4 is 0 Å². The van der Waals surface area contributed by atoms with E-state index >= 15 is 0 Å². The normalized spacial score (nSPS) is 11.9. The monoisotopic (exact) mass is 1580 g/mol. The van der Waals surface area contributed by atoms with E-state index in [0.29, 0.717) is 0 Å². The lowest BCUT2D eigenvalue weighted by Gasteiger charge is -2.12. The molecule has 0 aliphatic rings. The van der Waals surface area contributed by atoms with Crippen LogP contribution in [0.15, 0.2) is 445 Å². The fourth-order valence-electron chi connectivity index (χ4n) is 19.3. The lowest BCUT2D eigenvalue weighted by atomic mass is 9.92. The van der Waals surface area contributed by atoms with Gasteiger partial charge in [0.1, 0.15) is 66.8 Å². The number of hydrogen-bond acceptors (Lipinski definition) is 6. The number of nitrogens with zero attached hydrogens (tertiary/aromatic N) is 3. The third kappa shape index (κ3) is 11.0. The smallest absolute Gasteiger partial charge is 0.161 e. The van der Waals surface area contributed by atoms with E-state index in [9.17, 15) is 0 Å². The summed E-state index contributed by atoms with van der Waals surface area (Å²) in [6.07, 6.45) is 0. The highest BCUT2D eigenvalue weighted by molar-refractivity contribution is 6.23. The summed E-state index contributed by atoms with van der Waals surface area (Å²) < 4.78 is 46.2. The molecule has 9 heteroatoms. The molecule has 0 fully saturated rings. The average Bonchev–Trinajstić information content (AvgIpc) is 1.56. The molecule has 123 heavy (non-hydrogen) atoms. The highest BCUT2D eigenvalue weighted by Gasteiger charge is 2.28. The van der Waals surface area contributed by atoms with Crippen molar-refractivity contribution in [2.75, 3.05) is 0 Å². The summed E-state index contributed by atoms with van der Waals surface area (Å²) in [4.78, 5) is 0. The van der Waals surface area contributed by atoms with Gasteiger partial charge in [-0.25, -0.2) is 0 Å². The van der Waals surface area contributed by atoms with Crippen molar-refractivity contribution in [1.29, 1.82) is 0 Å². The van der Waals surface area contributed by atoms with Crippen LogP contribution in [-0.4, -0.2) is 13.7 Å². The fourth-order valence-corrected chi connectivity index (χ4v) is 19.3. The Morgan fingerprint density at radius 2 is 0.407 bits per heavy atom. The average molecular weight is 1580 g/mol. The summed E-state index contributed by atoms with van der Waals surface area (Å²) in [6.45, 7) is 0. The summed E-state index contributed by atoms with van der Waals surface area (Å²) in [5, 5.41) is 13.4. The molecule has 0 amide bonds. The first-order valence-electron chi connectivity index (χ1n) is 41.6. The van der Waals surface area contributed by atoms with Crippen molar-refractivity contribution >= 4 is 165 Å². The van der Waals surface area contributed by atoms with Crippen molar-refractivity contribution in [3.05, 3.63) is 419 Å². The molecular weight excluding hydrogens is 1510 g/mol. The highest BCUT2D eigenvalue weighted by atomic mass is 16.4. The van der Waals surface area contributed by atoms with E-state index in [2.05, 4.69) is 396 Å². The van der Waals surface area contributed by atoms with Crippen molar-refractivity contribution in [2.45, 2.75) is 0 Å². The zero-order valence-electron chi connectivity index (χ0n) is 66.1. The zero-order chi connectivity index (χ0) is 80.7. The van der Waals surface area contributed by atoms with Gasteiger partial charge in [0.25, 0.3) is 0 Å². The Bertz CT molecular complexity index is 8890. The molecular formula is C114H69N3O6. The van der Waals surface area contributed by atoms with Gasteiger partial charge in [-0.2, -0.15) is 0 Å². The topological polar surface area (TPSA) is 93.6 Å². The number of hydrogen-bond donors (Lipinski definition) is 0. The molecule has 0 bridgehead atoms. The summed E-state index contributed by atoms with van der Waals surface area (Å²) in [5.74, 6) is 0. The molecule has 0 N–H and O–H groups in total. The third-order valence-electron chi connectivity index (χ3n) is 24.7. The molecule has 0 saturated carbocycles. The van der Waals surface area contributed by atoms with Gasteiger partial charge in [0, 0.05) is 104 Å². The van der Waals surface area contributed by atoms with Crippen LogP contribution in [0.1, 0.15) is 0 Å². The Labute approximate surface area is 702 Å². The highest BCUT2D eigenvalue weighted by Crippen LogP contribution is 2.50. The second-order valence-corrected chi connectivity index (χ2v) is 31.5. The summed E-state index contributed by atoms with van der Waals surface area (Å²) in [6, 6.07) is 146. The van der Waals surface area contributed by atoms with E-state index in [-0.39, 0.29) is 0 Å². The van der Waals surface area contributed by atoms with Crippen molar-refractivity contribution in [3.8, 4) is 83.8 Å². The van der Waals surface area contributed by atoms with Gasteiger partial charge in [0.15, 0.2) is 16.7 Å². The first-order chi connectivity index (χ1) is 61.1. The quantitative estimate of drug-likeness (QED) is 0.143. The minimum Gasteiger partial charge on any atom is -0.456 e. The Morgan fingerprint density at radius 3 is 0.829 bits per heavy atom. The SMILES string of the molecule is c1ccc(-n2c3ccccc3c3oc4c(-c5ccccc5-c5ccc6c(c5)oc5ccccc56)cccc4c32)cc1.c1ccc(-n2c3ccccc3c3oc4c(-c5ccccc5-c5ccc6oc7ccccc7c6c5)cccc4c32)cc1.c1ccc(-n2c3ccccc3c3oc4c(-c5ccccc5-c5cccc6c5oc5ccccc56)cccc4c32)cc1. The maximum absolute atomic E-state index is 6.84. The molecule has 0 unspecified atom stereocenters. The van der Waals surface area contributed by atoms with E-state index in [4.69, 9.17) is 26.5 Å². The van der Waals surface area contributed by atoms with Crippen molar-refractivity contribution in [3.63, 3.8) is 0 Å². The van der Waals surface area contributed by atoms with Gasteiger partial charge in [0.05, 0.1) is 16.6 Å². The number of rotatable bonds is 9. The fraction of sp³-hybridized carbons (Fsp3) is 0. The molecule has 0 atom stereocenters. The van der Waals surface area contributed by atoms with Crippen LogP contribution in [0.3, 0.4) is 0 Å². The predicted octanol–water partition coefficient (Wildman–Crippen LogP) is 32.3. The number of fused-ring (bicyclic) bond motifs is 24. The Kier molecular flexibility index (Phi) is 15.8. The first-order valence-corrected chi connectivity index (χ1v) is 41.6. The van der Waals surface area contributed by atoms with E-state index < -0.39 is 0 Å². The molecule has 9 nitrogen and oxygen atoms in total. The van der Waals surface area contributed by atoms with E-state index in [0.717, 1.165) is 249 Å². The van der Waals surface area contributed by atoms with Gasteiger partial charge in [-0.1, -0.05) is 285 Å². The van der Waals surface area contributed by atoms with Crippen LogP contribution in [0.4, 0.5) is 0 Å². The minimum absolute atomic E-state index is 0.886. The van der Waals surface area contributed by atoms with Gasteiger partial charge in [0.2, 0.25) is 0 Å². The lowest BCUT2D eigenvalue weighted by Crippen LogP contribution is -1.93. The number of aromatic nitrogens is 3. The van der Waals surface area contributed by atoms with Gasteiger partial charge in [-0.15, -0.1) is 0 Å². The van der Waals surface area contributed by atoms with E-state index in [1.807, 2.05) is 36.4 Å². The summed E-state index contributed by atoms with van der Waals surface area (Å²) >= 11 is 0. The van der Waals surface area contributed by atoms with Crippen LogP contribution in [0, 0.1) is 0 Å². The Balaban J connectivity index is 0.000000101. The molecule has 0 saturated heterocycles. The maximum Gasteiger partial charge on any atom is 0.161 e. The van der Waals surface area contributed by atoms with Crippen molar-refractivity contribution in [2.24, 2.45) is 0 Å². The largest absolute Gasteiger partial charge is 0.456 e. The van der Waals surface area contributed by atoms with Crippen LogP contribution in [-0.2, 0) is 0 Å². The second kappa shape index (κ2) is 28.0. The van der Waals surface area contributed by atoms with Crippen LogP contribution in [0.5, 0.6) is 0 Å². The number of furan rings is 6. The van der Waals surface area contributed by atoms with Gasteiger partial charge in [-0.05, 0) is 178 Å². The molecule has 0 spiro atoms. The van der Waals surface area contributed by atoms with E-state index in [1.54, 1.807) is 0 Å². The van der Waals surface area contributed by atoms with Crippen molar-refractivity contribution < 1.29 is 26.5 Å². The van der Waals surface area contributed by atoms with Gasteiger partial charge < -0.3 is 40.2 Å². The molecule has 27 aromatic rings. The summed E-state index contributed by atoms with van der Waals surface area (Å²) in [7, 11) is 0. The molecule has 18 aromatic carbocycles. The number of benzene rings is 18. The number of para-hydroxylation sites is 13. The molecule has 576 valence electrons.